The number of piperazine rings is 1. The number of likely N-dealkylation sites (N-methyl/N-ethyl adjacent to an activating group) is 1. The van der Waals surface area contributed by atoms with Gasteiger partial charge in [-0.25, -0.2) is 4.98 Å². The first kappa shape index (κ1) is 23.0. The molecule has 3 aromatic rings. The number of halogens is 1. The van der Waals surface area contributed by atoms with Crippen LogP contribution >= 0.6 is 11.6 Å². The molecule has 9 heteroatoms. The zero-order valence-electron chi connectivity index (χ0n) is 21.1. The second-order valence-corrected chi connectivity index (χ2v) is 11.2. The lowest BCUT2D eigenvalue weighted by atomic mass is 9.73. The summed E-state index contributed by atoms with van der Waals surface area (Å²) in [6.07, 6.45) is 3.83. The number of anilines is 2. The second kappa shape index (κ2) is 8.91. The molecule has 0 bridgehead atoms. The highest BCUT2D eigenvalue weighted by atomic mass is 35.5. The minimum absolute atomic E-state index is 0.339. The highest BCUT2D eigenvalue weighted by molar-refractivity contribution is 6.32. The Kier molecular flexibility index (Phi) is 5.86. The topological polar surface area (TPSA) is 76.2 Å². The fourth-order valence-electron chi connectivity index (χ4n) is 6.03. The summed E-state index contributed by atoms with van der Waals surface area (Å²) in [4.78, 5) is 17.5. The Bertz CT molecular complexity index is 1240. The fourth-order valence-corrected chi connectivity index (χ4v) is 6.24. The van der Waals surface area contributed by atoms with Crippen molar-refractivity contribution in [2.24, 2.45) is 5.92 Å². The number of rotatable bonds is 4. The van der Waals surface area contributed by atoms with Crippen LogP contribution in [0.4, 0.5) is 11.8 Å². The first-order chi connectivity index (χ1) is 16.9. The molecule has 2 saturated heterocycles. The maximum atomic E-state index is 6.68. The van der Waals surface area contributed by atoms with Crippen molar-refractivity contribution in [2.75, 3.05) is 63.2 Å². The molecule has 2 atom stereocenters. The standard InChI is InChI=1S/C26H35ClN8/c1-15-9-19-22(10-18(15)24-16(2)21(27)11-23-20(24)12-29-32-23)30-26(35-13-17(14-35)33(3)4)31-25(19)34-7-5-28-6-8-34/h11-12,15,17-18,28H,5-10,13-14H2,1-4H3,(H,29,32)/t15-,18-/m1/s1. The Balaban J connectivity index is 1.42. The van der Waals surface area contributed by atoms with Crippen LogP contribution in [-0.2, 0) is 12.8 Å². The molecule has 4 heterocycles. The zero-order chi connectivity index (χ0) is 24.3. The molecule has 8 nitrogen and oxygen atoms in total. The SMILES string of the molecule is Cc1c(Cl)cc2[nH]ncc2c1[C@@H]1Cc2nc(N3CC(N(C)C)C3)nc(N3CCNCC3)c2C[C@H]1C. The number of benzene rings is 1. The average Bonchev–Trinajstić information content (AvgIpc) is 3.26. The Morgan fingerprint density at radius 2 is 1.86 bits per heavy atom. The highest BCUT2D eigenvalue weighted by Gasteiger charge is 2.36. The van der Waals surface area contributed by atoms with Gasteiger partial charge in [0.05, 0.1) is 17.4 Å². The Hall–Kier alpha value is -2.42. The molecular weight excluding hydrogens is 460 g/mol. The lowest BCUT2D eigenvalue weighted by Gasteiger charge is -2.44. The van der Waals surface area contributed by atoms with Gasteiger partial charge in [0, 0.05) is 61.3 Å². The Morgan fingerprint density at radius 1 is 1.09 bits per heavy atom. The number of hydrogen-bond donors (Lipinski definition) is 2. The van der Waals surface area contributed by atoms with Crippen LogP contribution in [0.25, 0.3) is 10.9 Å². The second-order valence-electron chi connectivity index (χ2n) is 10.8. The largest absolute Gasteiger partial charge is 0.354 e. The van der Waals surface area contributed by atoms with Crippen molar-refractivity contribution in [3.8, 4) is 0 Å². The van der Waals surface area contributed by atoms with Gasteiger partial charge in [0.1, 0.15) is 5.82 Å². The Labute approximate surface area is 212 Å². The molecule has 0 unspecified atom stereocenters. The maximum Gasteiger partial charge on any atom is 0.227 e. The number of H-pyrrole nitrogens is 1. The number of nitrogens with one attached hydrogen (secondary N) is 2. The van der Waals surface area contributed by atoms with E-state index in [1.54, 1.807) is 0 Å². The third-order valence-electron chi connectivity index (χ3n) is 8.34. The minimum Gasteiger partial charge on any atom is -0.354 e. The number of hydrogen-bond acceptors (Lipinski definition) is 7. The smallest absolute Gasteiger partial charge is 0.227 e. The van der Waals surface area contributed by atoms with Crippen LogP contribution in [-0.4, -0.2) is 84.5 Å². The van der Waals surface area contributed by atoms with Crippen LogP contribution in [0.2, 0.25) is 5.02 Å². The van der Waals surface area contributed by atoms with Crippen LogP contribution in [0.1, 0.15) is 35.2 Å². The van der Waals surface area contributed by atoms with Crippen LogP contribution < -0.4 is 15.1 Å². The molecular formula is C26H35ClN8. The minimum atomic E-state index is 0.339. The van der Waals surface area contributed by atoms with Crippen molar-refractivity contribution in [1.29, 1.82) is 0 Å². The molecule has 2 aromatic heterocycles. The van der Waals surface area contributed by atoms with Crippen molar-refractivity contribution >= 4 is 34.3 Å². The van der Waals surface area contributed by atoms with Gasteiger partial charge in [0.25, 0.3) is 0 Å². The third kappa shape index (κ3) is 3.96. The molecule has 1 aliphatic carbocycles. The van der Waals surface area contributed by atoms with Crippen LogP contribution in [0.3, 0.4) is 0 Å². The first-order valence-electron chi connectivity index (χ1n) is 12.8. The Morgan fingerprint density at radius 3 is 2.60 bits per heavy atom. The normalized spacial score (nSPS) is 23.1. The molecule has 0 saturated carbocycles. The van der Waals surface area contributed by atoms with Gasteiger partial charge in [-0.1, -0.05) is 18.5 Å². The van der Waals surface area contributed by atoms with Crippen LogP contribution in [0.5, 0.6) is 0 Å². The van der Waals surface area contributed by atoms with Gasteiger partial charge in [-0.05, 0) is 62.9 Å². The van der Waals surface area contributed by atoms with Crippen molar-refractivity contribution in [3.05, 3.63) is 39.7 Å². The zero-order valence-corrected chi connectivity index (χ0v) is 21.9. The van der Waals surface area contributed by atoms with E-state index in [0.29, 0.717) is 17.9 Å². The van der Waals surface area contributed by atoms with Gasteiger partial charge < -0.3 is 20.0 Å². The summed E-state index contributed by atoms with van der Waals surface area (Å²) >= 11 is 6.68. The molecule has 186 valence electrons. The van der Waals surface area contributed by atoms with Gasteiger partial charge in [-0.15, -0.1) is 0 Å². The van der Waals surface area contributed by atoms with E-state index in [1.165, 1.54) is 22.2 Å². The van der Waals surface area contributed by atoms with E-state index in [1.807, 2.05) is 12.3 Å². The van der Waals surface area contributed by atoms with Gasteiger partial charge in [-0.3, -0.25) is 5.10 Å². The molecule has 0 amide bonds. The summed E-state index contributed by atoms with van der Waals surface area (Å²) in [6.45, 7) is 10.5. The average molecular weight is 495 g/mol. The summed E-state index contributed by atoms with van der Waals surface area (Å²) < 4.78 is 0. The molecule has 2 N–H and O–H groups in total. The van der Waals surface area contributed by atoms with Crippen molar-refractivity contribution in [2.45, 2.75) is 38.6 Å². The molecule has 6 rings (SSSR count). The van der Waals surface area contributed by atoms with Gasteiger partial charge in [-0.2, -0.15) is 10.1 Å². The van der Waals surface area contributed by atoms with E-state index in [9.17, 15) is 0 Å². The third-order valence-corrected chi connectivity index (χ3v) is 8.73. The van der Waals surface area contributed by atoms with Crippen molar-refractivity contribution < 1.29 is 0 Å². The number of nitrogens with zero attached hydrogens (tertiary/aromatic N) is 6. The quantitative estimate of drug-likeness (QED) is 0.577. The maximum absolute atomic E-state index is 6.68. The predicted octanol–water partition coefficient (Wildman–Crippen LogP) is 2.99. The summed E-state index contributed by atoms with van der Waals surface area (Å²) in [6, 6.07) is 2.56. The van der Waals surface area contributed by atoms with E-state index < -0.39 is 0 Å². The lowest BCUT2D eigenvalue weighted by molar-refractivity contribution is 0.244. The van der Waals surface area contributed by atoms with E-state index in [2.05, 4.69) is 58.2 Å². The van der Waals surface area contributed by atoms with Gasteiger partial charge in [0.15, 0.2) is 0 Å². The van der Waals surface area contributed by atoms with Crippen LogP contribution in [0, 0.1) is 12.8 Å². The molecule has 1 aromatic carbocycles. The lowest BCUT2D eigenvalue weighted by Crippen LogP contribution is -2.58. The number of fused-ring (bicyclic) bond motifs is 2. The molecule has 2 fully saturated rings. The number of aromatic amines is 1. The van der Waals surface area contributed by atoms with E-state index >= 15 is 0 Å². The molecule has 35 heavy (non-hydrogen) atoms. The van der Waals surface area contributed by atoms with Gasteiger partial charge in [0.2, 0.25) is 5.95 Å². The summed E-state index contributed by atoms with van der Waals surface area (Å²) in [7, 11) is 4.30. The van der Waals surface area contributed by atoms with E-state index in [-0.39, 0.29) is 0 Å². The summed E-state index contributed by atoms with van der Waals surface area (Å²) in [5.74, 6) is 2.84. The van der Waals surface area contributed by atoms with Crippen molar-refractivity contribution in [3.63, 3.8) is 0 Å². The molecule has 3 aliphatic rings. The van der Waals surface area contributed by atoms with Gasteiger partial charge >= 0.3 is 0 Å². The highest BCUT2D eigenvalue weighted by Crippen LogP contribution is 2.44. The summed E-state index contributed by atoms with van der Waals surface area (Å²) in [5, 5.41) is 12.9. The molecule has 0 spiro atoms. The van der Waals surface area contributed by atoms with E-state index in [4.69, 9.17) is 21.6 Å². The molecule has 2 aliphatic heterocycles. The molecule has 0 radical (unpaired) electrons. The first-order valence-corrected chi connectivity index (χ1v) is 13.2. The van der Waals surface area contributed by atoms with Crippen molar-refractivity contribution in [1.82, 2.24) is 30.4 Å². The summed E-state index contributed by atoms with van der Waals surface area (Å²) in [5.41, 5.74) is 6.03. The van der Waals surface area contributed by atoms with Crippen LogP contribution in [0.15, 0.2) is 12.3 Å². The number of aromatic nitrogens is 4. The predicted molar refractivity (Wildman–Crippen MR) is 142 cm³/mol. The fraction of sp³-hybridized carbons (Fsp3) is 0.577. The monoisotopic (exact) mass is 494 g/mol. The van der Waals surface area contributed by atoms with E-state index in [0.717, 1.165) is 80.0 Å².